The summed E-state index contributed by atoms with van der Waals surface area (Å²) >= 11 is 0. The molecule has 1 rings (SSSR count). The highest BCUT2D eigenvalue weighted by Crippen LogP contribution is 2.25. The summed E-state index contributed by atoms with van der Waals surface area (Å²) in [7, 11) is 0. The molecule has 0 aliphatic rings. The van der Waals surface area contributed by atoms with Crippen molar-refractivity contribution in [2.75, 3.05) is 6.61 Å². The Morgan fingerprint density at radius 2 is 1.89 bits per heavy atom. The Balaban J connectivity index is 2.90. The fourth-order valence-electron chi connectivity index (χ4n) is 2.26. The molecule has 0 fully saturated rings. The summed E-state index contributed by atoms with van der Waals surface area (Å²) in [4.78, 5) is 12.5. The monoisotopic (exact) mass is 262 g/mol. The third-order valence-corrected chi connectivity index (χ3v) is 3.28. The SMILES string of the molecule is CCOC(C(=O)Cc1cc(C)ccc1C)C(C)(C)C. The van der Waals surface area contributed by atoms with Crippen molar-refractivity contribution in [1.82, 2.24) is 0 Å². The Hall–Kier alpha value is -1.15. The van der Waals surface area contributed by atoms with Gasteiger partial charge in [0, 0.05) is 13.0 Å². The van der Waals surface area contributed by atoms with Gasteiger partial charge in [-0.05, 0) is 37.3 Å². The molecule has 0 aliphatic heterocycles. The second-order valence-corrected chi connectivity index (χ2v) is 6.27. The van der Waals surface area contributed by atoms with Crippen molar-refractivity contribution in [3.05, 3.63) is 34.9 Å². The summed E-state index contributed by atoms with van der Waals surface area (Å²) in [5.74, 6) is 0.169. The van der Waals surface area contributed by atoms with Gasteiger partial charge in [-0.25, -0.2) is 0 Å². The third-order valence-electron chi connectivity index (χ3n) is 3.28. The smallest absolute Gasteiger partial charge is 0.166 e. The van der Waals surface area contributed by atoms with Crippen molar-refractivity contribution >= 4 is 5.78 Å². The van der Waals surface area contributed by atoms with E-state index in [4.69, 9.17) is 4.74 Å². The van der Waals surface area contributed by atoms with Gasteiger partial charge in [0.05, 0.1) is 0 Å². The zero-order valence-electron chi connectivity index (χ0n) is 13.0. The molecular formula is C17H26O2. The van der Waals surface area contributed by atoms with Crippen LogP contribution < -0.4 is 0 Å². The highest BCUT2D eigenvalue weighted by Gasteiger charge is 2.31. The fourth-order valence-corrected chi connectivity index (χ4v) is 2.26. The van der Waals surface area contributed by atoms with Gasteiger partial charge in [0.25, 0.3) is 0 Å². The van der Waals surface area contributed by atoms with Crippen molar-refractivity contribution in [2.45, 2.75) is 54.1 Å². The Labute approximate surface area is 117 Å². The maximum atomic E-state index is 12.5. The summed E-state index contributed by atoms with van der Waals surface area (Å²) in [6.45, 7) is 12.8. The van der Waals surface area contributed by atoms with Crippen molar-refractivity contribution in [3.8, 4) is 0 Å². The molecule has 0 bridgehead atoms. The Kier molecular flexibility index (Phi) is 5.30. The van der Waals surface area contributed by atoms with E-state index in [0.29, 0.717) is 13.0 Å². The number of ether oxygens (including phenoxy) is 1. The molecule has 0 amide bonds. The lowest BCUT2D eigenvalue weighted by molar-refractivity contribution is -0.136. The predicted octanol–water partition coefficient (Wildman–Crippen LogP) is 3.87. The first kappa shape index (κ1) is 15.9. The molecule has 1 aromatic carbocycles. The van der Waals surface area contributed by atoms with Crippen molar-refractivity contribution in [2.24, 2.45) is 5.41 Å². The van der Waals surface area contributed by atoms with E-state index in [1.807, 2.05) is 27.7 Å². The summed E-state index contributed by atoms with van der Waals surface area (Å²) in [6.07, 6.45) is 0.118. The molecule has 0 saturated heterocycles. The number of carbonyl (C=O) groups is 1. The lowest BCUT2D eigenvalue weighted by atomic mass is 9.84. The Morgan fingerprint density at radius 3 is 2.42 bits per heavy atom. The molecule has 0 aromatic heterocycles. The Bertz CT molecular complexity index is 441. The first-order valence-corrected chi connectivity index (χ1v) is 6.96. The van der Waals surface area contributed by atoms with Gasteiger partial charge in [-0.15, -0.1) is 0 Å². The maximum absolute atomic E-state index is 12.5. The number of ketones is 1. The fraction of sp³-hybridized carbons (Fsp3) is 0.588. The van der Waals surface area contributed by atoms with Crippen LogP contribution in [0.5, 0.6) is 0 Å². The number of hydrogen-bond donors (Lipinski definition) is 0. The summed E-state index contributed by atoms with van der Waals surface area (Å²) in [5, 5.41) is 0. The lowest BCUT2D eigenvalue weighted by Crippen LogP contribution is -2.38. The number of rotatable bonds is 5. The predicted molar refractivity (Wildman–Crippen MR) is 79.5 cm³/mol. The van der Waals surface area contributed by atoms with Gasteiger partial charge in [-0.1, -0.05) is 44.5 Å². The molecule has 0 heterocycles. The molecule has 2 nitrogen and oxygen atoms in total. The molecule has 0 saturated carbocycles. The van der Waals surface area contributed by atoms with E-state index in [0.717, 1.165) is 5.56 Å². The lowest BCUT2D eigenvalue weighted by Gasteiger charge is -2.29. The van der Waals surface area contributed by atoms with Crippen LogP contribution >= 0.6 is 0 Å². The largest absolute Gasteiger partial charge is 0.370 e. The maximum Gasteiger partial charge on any atom is 0.166 e. The van der Waals surface area contributed by atoms with Gasteiger partial charge in [0.1, 0.15) is 6.10 Å². The Morgan fingerprint density at radius 1 is 1.26 bits per heavy atom. The minimum absolute atomic E-state index is 0.162. The number of benzene rings is 1. The van der Waals surface area contributed by atoms with Gasteiger partial charge in [0.2, 0.25) is 0 Å². The van der Waals surface area contributed by atoms with Crippen molar-refractivity contribution in [1.29, 1.82) is 0 Å². The highest BCUT2D eigenvalue weighted by molar-refractivity contribution is 5.86. The molecule has 0 spiro atoms. The number of hydrogen-bond acceptors (Lipinski definition) is 2. The van der Waals surface area contributed by atoms with Gasteiger partial charge < -0.3 is 4.74 Å². The summed E-state index contributed by atoms with van der Waals surface area (Å²) in [5.41, 5.74) is 3.31. The molecule has 19 heavy (non-hydrogen) atoms. The molecule has 0 N–H and O–H groups in total. The van der Waals surface area contributed by atoms with E-state index < -0.39 is 0 Å². The minimum atomic E-state index is -0.336. The standard InChI is InChI=1S/C17H26O2/c1-7-19-16(17(4,5)6)15(18)11-14-10-12(2)8-9-13(14)3/h8-10,16H,7,11H2,1-6H3. The minimum Gasteiger partial charge on any atom is -0.370 e. The van der Waals surface area contributed by atoms with Crippen LogP contribution in [0.3, 0.4) is 0 Å². The number of carbonyl (C=O) groups excluding carboxylic acids is 1. The first-order chi connectivity index (χ1) is 8.75. The normalized spacial score (nSPS) is 13.4. The van der Waals surface area contributed by atoms with Crippen LogP contribution in [0.2, 0.25) is 0 Å². The number of aryl methyl sites for hydroxylation is 2. The zero-order valence-corrected chi connectivity index (χ0v) is 13.0. The van der Waals surface area contributed by atoms with Gasteiger partial charge >= 0.3 is 0 Å². The molecular weight excluding hydrogens is 236 g/mol. The van der Waals surface area contributed by atoms with Crippen LogP contribution in [0.15, 0.2) is 18.2 Å². The van der Waals surface area contributed by atoms with Crippen LogP contribution in [0.4, 0.5) is 0 Å². The second-order valence-electron chi connectivity index (χ2n) is 6.27. The average Bonchev–Trinajstić information content (AvgIpc) is 2.29. The van der Waals surface area contributed by atoms with Crippen LogP contribution in [0.25, 0.3) is 0 Å². The zero-order chi connectivity index (χ0) is 14.6. The molecule has 2 heteroatoms. The van der Waals surface area contributed by atoms with E-state index in [1.165, 1.54) is 11.1 Å². The quantitative estimate of drug-likeness (QED) is 0.805. The highest BCUT2D eigenvalue weighted by atomic mass is 16.5. The van der Waals surface area contributed by atoms with Gasteiger partial charge in [0.15, 0.2) is 5.78 Å². The summed E-state index contributed by atoms with van der Waals surface area (Å²) < 4.78 is 5.66. The third kappa shape index (κ3) is 4.46. The van der Waals surface area contributed by atoms with Crippen LogP contribution in [0.1, 0.15) is 44.4 Å². The van der Waals surface area contributed by atoms with Crippen LogP contribution in [-0.2, 0) is 16.0 Å². The molecule has 1 atom stereocenters. The average molecular weight is 262 g/mol. The molecule has 0 radical (unpaired) electrons. The van der Waals surface area contributed by atoms with Crippen molar-refractivity contribution in [3.63, 3.8) is 0 Å². The second kappa shape index (κ2) is 6.33. The van der Waals surface area contributed by atoms with Crippen LogP contribution in [-0.4, -0.2) is 18.5 Å². The first-order valence-electron chi connectivity index (χ1n) is 6.96. The van der Waals surface area contributed by atoms with E-state index in [-0.39, 0.29) is 17.3 Å². The van der Waals surface area contributed by atoms with Crippen LogP contribution in [0, 0.1) is 19.3 Å². The number of Topliss-reactive ketones (excluding diaryl/α,β-unsaturated/α-hetero) is 1. The van der Waals surface area contributed by atoms with Gasteiger partial charge in [-0.3, -0.25) is 4.79 Å². The topological polar surface area (TPSA) is 26.3 Å². The molecule has 106 valence electrons. The summed E-state index contributed by atoms with van der Waals surface area (Å²) in [6, 6.07) is 6.25. The van der Waals surface area contributed by atoms with Crippen molar-refractivity contribution < 1.29 is 9.53 Å². The van der Waals surface area contributed by atoms with E-state index in [2.05, 4.69) is 32.0 Å². The molecule has 1 aromatic rings. The van der Waals surface area contributed by atoms with Gasteiger partial charge in [-0.2, -0.15) is 0 Å². The van der Waals surface area contributed by atoms with E-state index in [9.17, 15) is 4.79 Å². The van der Waals surface area contributed by atoms with E-state index in [1.54, 1.807) is 0 Å². The molecule has 1 unspecified atom stereocenters. The molecule has 0 aliphatic carbocycles. The van der Waals surface area contributed by atoms with E-state index >= 15 is 0 Å².